The smallest absolute Gasteiger partial charge is 0.224 e. The van der Waals surface area contributed by atoms with Gasteiger partial charge >= 0.3 is 0 Å². The molecule has 0 aliphatic heterocycles. The molecule has 1 aromatic heterocycles. The first-order valence-corrected chi connectivity index (χ1v) is 6.50. The summed E-state index contributed by atoms with van der Waals surface area (Å²) in [5.74, 6) is 0.457. The lowest BCUT2D eigenvalue weighted by Crippen LogP contribution is -2.40. The van der Waals surface area contributed by atoms with Gasteiger partial charge in [0.2, 0.25) is 5.91 Å². The van der Waals surface area contributed by atoms with Crippen molar-refractivity contribution in [2.75, 3.05) is 0 Å². The maximum absolute atomic E-state index is 12.3. The van der Waals surface area contributed by atoms with Gasteiger partial charge in [0.25, 0.3) is 0 Å². The van der Waals surface area contributed by atoms with E-state index in [4.69, 9.17) is 0 Å². The third-order valence-corrected chi connectivity index (χ3v) is 3.05. The van der Waals surface area contributed by atoms with Crippen LogP contribution in [-0.4, -0.2) is 10.9 Å². The highest BCUT2D eigenvalue weighted by molar-refractivity contribution is 5.79. The molecule has 0 aromatic carbocycles. The van der Waals surface area contributed by atoms with Crippen molar-refractivity contribution >= 4 is 5.91 Å². The minimum atomic E-state index is -0.0254. The summed E-state index contributed by atoms with van der Waals surface area (Å²) < 4.78 is 0. The highest BCUT2D eigenvalue weighted by Crippen LogP contribution is 2.32. The van der Waals surface area contributed by atoms with E-state index >= 15 is 0 Å². The molecule has 0 radical (unpaired) electrons. The Hall–Kier alpha value is -1.38. The average molecular weight is 248 g/mol. The van der Waals surface area contributed by atoms with E-state index in [0.29, 0.717) is 12.5 Å². The van der Waals surface area contributed by atoms with Crippen LogP contribution in [0.5, 0.6) is 0 Å². The topological polar surface area (TPSA) is 42.0 Å². The Morgan fingerprint density at radius 1 is 1.33 bits per heavy atom. The Balaban J connectivity index is 2.64. The number of aromatic nitrogens is 1. The number of nitrogens with zero attached hydrogens (tertiary/aromatic N) is 1. The summed E-state index contributed by atoms with van der Waals surface area (Å²) in [4.78, 5) is 16.5. The molecule has 1 amide bonds. The number of pyridine rings is 1. The minimum absolute atomic E-state index is 0.0150. The number of amides is 1. The molecule has 0 fully saturated rings. The predicted octanol–water partition coefficient (Wildman–Crippen LogP) is 3.02. The highest BCUT2D eigenvalue weighted by atomic mass is 16.1. The van der Waals surface area contributed by atoms with E-state index in [1.165, 1.54) is 0 Å². The largest absolute Gasteiger partial charge is 0.350 e. The van der Waals surface area contributed by atoms with Gasteiger partial charge in [0, 0.05) is 12.1 Å². The third-order valence-electron chi connectivity index (χ3n) is 3.05. The Morgan fingerprint density at radius 3 is 2.44 bits per heavy atom. The van der Waals surface area contributed by atoms with E-state index in [0.717, 1.165) is 5.69 Å². The quantitative estimate of drug-likeness (QED) is 0.890. The molecular weight excluding hydrogens is 224 g/mol. The van der Waals surface area contributed by atoms with Gasteiger partial charge in [-0.05, 0) is 23.5 Å². The maximum atomic E-state index is 12.3. The first kappa shape index (κ1) is 14.7. The lowest BCUT2D eigenvalue weighted by Gasteiger charge is -2.32. The Bertz CT molecular complexity index is 379. The second kappa shape index (κ2) is 5.98. The number of rotatable bonds is 4. The van der Waals surface area contributed by atoms with E-state index < -0.39 is 0 Å². The number of hydrogen-bond donors (Lipinski definition) is 1. The zero-order valence-electron chi connectivity index (χ0n) is 12.0. The zero-order valence-corrected chi connectivity index (χ0v) is 12.0. The molecule has 0 unspecified atom stereocenters. The van der Waals surface area contributed by atoms with Crippen molar-refractivity contribution in [1.29, 1.82) is 0 Å². The van der Waals surface area contributed by atoms with Crippen molar-refractivity contribution in [3.05, 3.63) is 30.1 Å². The van der Waals surface area contributed by atoms with Gasteiger partial charge in [-0.25, -0.2) is 0 Å². The van der Waals surface area contributed by atoms with Crippen LogP contribution in [0.3, 0.4) is 0 Å². The number of nitrogens with one attached hydrogen (secondary N) is 1. The van der Waals surface area contributed by atoms with E-state index in [-0.39, 0.29) is 17.2 Å². The molecule has 0 spiro atoms. The van der Waals surface area contributed by atoms with E-state index in [1.54, 1.807) is 6.20 Å². The first-order chi connectivity index (χ1) is 8.32. The fourth-order valence-electron chi connectivity index (χ4n) is 2.49. The summed E-state index contributed by atoms with van der Waals surface area (Å²) >= 11 is 0. The van der Waals surface area contributed by atoms with E-state index in [1.807, 2.05) is 18.2 Å². The number of carbonyl (C=O) groups is 1. The second-order valence-electron chi connectivity index (χ2n) is 6.13. The van der Waals surface area contributed by atoms with Gasteiger partial charge in [0.1, 0.15) is 0 Å². The second-order valence-corrected chi connectivity index (χ2v) is 6.13. The molecule has 1 heterocycles. The minimum Gasteiger partial charge on any atom is -0.350 e. The van der Waals surface area contributed by atoms with Crippen LogP contribution in [0.15, 0.2) is 24.4 Å². The fraction of sp³-hybridized carbons (Fsp3) is 0.600. The Morgan fingerprint density at radius 2 is 2.00 bits per heavy atom. The number of hydrogen-bond acceptors (Lipinski definition) is 2. The lowest BCUT2D eigenvalue weighted by molar-refractivity contribution is -0.130. The van der Waals surface area contributed by atoms with Crippen molar-refractivity contribution in [1.82, 2.24) is 10.3 Å². The van der Waals surface area contributed by atoms with E-state index in [2.05, 4.69) is 44.9 Å². The van der Waals surface area contributed by atoms with Crippen LogP contribution in [0.2, 0.25) is 0 Å². The summed E-state index contributed by atoms with van der Waals surface area (Å²) in [5, 5.41) is 2.99. The summed E-state index contributed by atoms with van der Waals surface area (Å²) in [7, 11) is 0. The van der Waals surface area contributed by atoms with Crippen LogP contribution in [0.1, 0.15) is 40.3 Å². The Labute approximate surface area is 110 Å². The molecule has 0 aliphatic carbocycles. The predicted molar refractivity (Wildman–Crippen MR) is 73.9 cm³/mol. The molecule has 18 heavy (non-hydrogen) atoms. The fourth-order valence-corrected chi connectivity index (χ4v) is 2.49. The van der Waals surface area contributed by atoms with Crippen molar-refractivity contribution < 1.29 is 4.79 Å². The molecule has 100 valence electrons. The molecule has 3 heteroatoms. The van der Waals surface area contributed by atoms with E-state index in [9.17, 15) is 4.79 Å². The third kappa shape index (κ3) is 4.13. The SMILES string of the molecule is CC(C)[C@H](C(=O)NCc1ccccn1)C(C)(C)C. The van der Waals surface area contributed by atoms with Crippen molar-refractivity contribution in [2.45, 2.75) is 41.2 Å². The normalized spacial score (nSPS) is 13.4. The standard InChI is InChI=1S/C15H24N2O/c1-11(2)13(15(3,4)5)14(18)17-10-12-8-6-7-9-16-12/h6-9,11,13H,10H2,1-5H3,(H,17,18)/t13-/m1/s1. The first-order valence-electron chi connectivity index (χ1n) is 6.50. The molecule has 0 aliphatic rings. The van der Waals surface area contributed by atoms with Gasteiger partial charge in [-0.3, -0.25) is 9.78 Å². The molecule has 0 saturated heterocycles. The summed E-state index contributed by atoms with van der Waals surface area (Å²) in [6, 6.07) is 5.72. The van der Waals surface area contributed by atoms with Gasteiger partial charge in [-0.15, -0.1) is 0 Å². The molecule has 1 rings (SSSR count). The lowest BCUT2D eigenvalue weighted by atomic mass is 9.74. The number of carbonyl (C=O) groups excluding carboxylic acids is 1. The van der Waals surface area contributed by atoms with Gasteiger partial charge < -0.3 is 5.32 Å². The van der Waals surface area contributed by atoms with Crippen LogP contribution in [0.25, 0.3) is 0 Å². The van der Waals surface area contributed by atoms with Crippen LogP contribution in [0.4, 0.5) is 0 Å². The van der Waals surface area contributed by atoms with Crippen LogP contribution >= 0.6 is 0 Å². The van der Waals surface area contributed by atoms with Gasteiger partial charge in [0.15, 0.2) is 0 Å². The molecule has 1 atom stereocenters. The van der Waals surface area contributed by atoms with Crippen LogP contribution in [-0.2, 0) is 11.3 Å². The van der Waals surface area contributed by atoms with Crippen LogP contribution in [0, 0.1) is 17.3 Å². The van der Waals surface area contributed by atoms with Crippen molar-refractivity contribution in [3.8, 4) is 0 Å². The molecule has 0 saturated carbocycles. The van der Waals surface area contributed by atoms with Gasteiger partial charge in [-0.1, -0.05) is 40.7 Å². The molecular formula is C15H24N2O. The molecule has 1 aromatic rings. The zero-order chi connectivity index (χ0) is 13.8. The maximum Gasteiger partial charge on any atom is 0.224 e. The van der Waals surface area contributed by atoms with Gasteiger partial charge in [-0.2, -0.15) is 0 Å². The molecule has 1 N–H and O–H groups in total. The molecule has 0 bridgehead atoms. The summed E-state index contributed by atoms with van der Waals surface area (Å²) in [6.07, 6.45) is 1.74. The van der Waals surface area contributed by atoms with Crippen molar-refractivity contribution in [2.24, 2.45) is 17.3 Å². The molecule has 3 nitrogen and oxygen atoms in total. The van der Waals surface area contributed by atoms with Crippen molar-refractivity contribution in [3.63, 3.8) is 0 Å². The van der Waals surface area contributed by atoms with Crippen LogP contribution < -0.4 is 5.32 Å². The average Bonchev–Trinajstić information content (AvgIpc) is 2.25. The summed E-state index contributed by atoms with van der Waals surface area (Å²) in [5.41, 5.74) is 0.866. The summed E-state index contributed by atoms with van der Waals surface area (Å²) in [6.45, 7) is 11.0. The highest BCUT2D eigenvalue weighted by Gasteiger charge is 2.33. The van der Waals surface area contributed by atoms with Gasteiger partial charge in [0.05, 0.1) is 12.2 Å². The monoisotopic (exact) mass is 248 g/mol. The Kier molecular flexibility index (Phi) is 4.88.